The van der Waals surface area contributed by atoms with Gasteiger partial charge in [0.2, 0.25) is 0 Å². The van der Waals surface area contributed by atoms with Crippen LogP contribution in [0, 0.1) is 0 Å². The maximum atomic E-state index is 5.50. The van der Waals surface area contributed by atoms with E-state index >= 15 is 0 Å². The SMILES string of the molecule is CCC(c1ccc(OC)c(OC)c1)C(CC)c1ccc(OC)c(OC)c1. The number of methoxy groups -OCH3 is 4. The average molecular weight is 358 g/mol. The van der Waals surface area contributed by atoms with E-state index in [-0.39, 0.29) is 0 Å². The lowest BCUT2D eigenvalue weighted by Gasteiger charge is -2.27. The molecular formula is C22H30O4. The Kier molecular flexibility index (Phi) is 7.19. The summed E-state index contributed by atoms with van der Waals surface area (Å²) in [7, 11) is 6.67. The van der Waals surface area contributed by atoms with Crippen LogP contribution in [0.3, 0.4) is 0 Å². The number of hydrogen-bond acceptors (Lipinski definition) is 4. The van der Waals surface area contributed by atoms with Gasteiger partial charge >= 0.3 is 0 Å². The van der Waals surface area contributed by atoms with Crippen molar-refractivity contribution in [2.24, 2.45) is 0 Å². The van der Waals surface area contributed by atoms with Gasteiger partial charge < -0.3 is 18.9 Å². The molecule has 4 nitrogen and oxygen atoms in total. The number of rotatable bonds is 9. The molecule has 0 radical (unpaired) electrons. The second-order valence-corrected chi connectivity index (χ2v) is 6.26. The van der Waals surface area contributed by atoms with Crippen molar-refractivity contribution in [3.05, 3.63) is 47.5 Å². The van der Waals surface area contributed by atoms with Crippen molar-refractivity contribution < 1.29 is 18.9 Å². The van der Waals surface area contributed by atoms with E-state index in [2.05, 4.69) is 38.1 Å². The van der Waals surface area contributed by atoms with E-state index in [4.69, 9.17) is 18.9 Å². The van der Waals surface area contributed by atoms with Crippen LogP contribution < -0.4 is 18.9 Å². The molecule has 2 aromatic rings. The molecule has 0 aliphatic carbocycles. The molecule has 0 spiro atoms. The molecule has 2 unspecified atom stereocenters. The van der Waals surface area contributed by atoms with Crippen molar-refractivity contribution in [1.82, 2.24) is 0 Å². The molecule has 0 saturated carbocycles. The van der Waals surface area contributed by atoms with Gasteiger partial charge in [-0.3, -0.25) is 0 Å². The molecule has 0 aromatic heterocycles. The summed E-state index contributed by atoms with van der Waals surface area (Å²) in [5, 5.41) is 0. The minimum atomic E-state index is 0.373. The lowest BCUT2D eigenvalue weighted by molar-refractivity contribution is 0.352. The first-order chi connectivity index (χ1) is 12.6. The Balaban J connectivity index is 2.43. The molecular weight excluding hydrogens is 328 g/mol. The molecule has 0 N–H and O–H groups in total. The quantitative estimate of drug-likeness (QED) is 0.601. The van der Waals surface area contributed by atoms with Gasteiger partial charge in [0.15, 0.2) is 23.0 Å². The van der Waals surface area contributed by atoms with Gasteiger partial charge in [-0.25, -0.2) is 0 Å². The highest BCUT2D eigenvalue weighted by atomic mass is 16.5. The summed E-state index contributed by atoms with van der Waals surface area (Å²) in [6, 6.07) is 12.4. The molecule has 0 fully saturated rings. The standard InChI is InChI=1S/C22H30O4/c1-7-17(15-9-11-19(23-3)21(13-15)25-5)18(8-2)16-10-12-20(24-4)22(14-16)26-6/h9-14,17-18H,7-8H2,1-6H3. The lowest BCUT2D eigenvalue weighted by atomic mass is 9.78. The van der Waals surface area contributed by atoms with Crippen LogP contribution in [0.15, 0.2) is 36.4 Å². The van der Waals surface area contributed by atoms with Gasteiger partial charge in [-0.15, -0.1) is 0 Å². The predicted octanol–water partition coefficient (Wildman–Crippen LogP) is 5.41. The van der Waals surface area contributed by atoms with E-state index in [0.29, 0.717) is 11.8 Å². The zero-order chi connectivity index (χ0) is 19.1. The number of ether oxygens (including phenoxy) is 4. The molecule has 2 aromatic carbocycles. The Bertz CT molecular complexity index is 650. The summed E-state index contributed by atoms with van der Waals surface area (Å²) < 4.78 is 21.7. The van der Waals surface area contributed by atoms with Crippen molar-refractivity contribution in [3.8, 4) is 23.0 Å². The minimum absolute atomic E-state index is 0.373. The van der Waals surface area contributed by atoms with Crippen LogP contribution in [-0.2, 0) is 0 Å². The molecule has 142 valence electrons. The molecule has 0 aliphatic heterocycles. The number of hydrogen-bond donors (Lipinski definition) is 0. The van der Waals surface area contributed by atoms with Crippen molar-refractivity contribution in [3.63, 3.8) is 0 Å². The molecule has 0 heterocycles. The Morgan fingerprint density at radius 2 is 0.923 bits per heavy atom. The highest BCUT2D eigenvalue weighted by Crippen LogP contribution is 2.42. The lowest BCUT2D eigenvalue weighted by Crippen LogP contribution is -2.11. The summed E-state index contributed by atoms with van der Waals surface area (Å²) in [5.41, 5.74) is 2.51. The van der Waals surface area contributed by atoms with Crippen LogP contribution in [0.1, 0.15) is 49.7 Å². The monoisotopic (exact) mass is 358 g/mol. The largest absolute Gasteiger partial charge is 0.493 e. The molecule has 4 heteroatoms. The normalized spacial score (nSPS) is 13.0. The summed E-state index contributed by atoms with van der Waals surface area (Å²) in [6.45, 7) is 4.45. The van der Waals surface area contributed by atoms with Gasteiger partial charge in [0.25, 0.3) is 0 Å². The summed E-state index contributed by atoms with van der Waals surface area (Å²) in [6.07, 6.45) is 2.06. The average Bonchev–Trinajstić information content (AvgIpc) is 2.70. The van der Waals surface area contributed by atoms with E-state index in [1.807, 2.05) is 12.1 Å². The van der Waals surface area contributed by atoms with Crippen molar-refractivity contribution in [2.45, 2.75) is 38.5 Å². The first-order valence-corrected chi connectivity index (χ1v) is 9.07. The van der Waals surface area contributed by atoms with Gasteiger partial charge in [0.05, 0.1) is 28.4 Å². The van der Waals surface area contributed by atoms with E-state index in [1.165, 1.54) is 11.1 Å². The van der Waals surface area contributed by atoms with E-state index < -0.39 is 0 Å². The second kappa shape index (κ2) is 9.37. The molecule has 2 rings (SSSR count). The Labute approximate surface area is 157 Å². The maximum absolute atomic E-state index is 5.50. The maximum Gasteiger partial charge on any atom is 0.160 e. The molecule has 0 bridgehead atoms. The van der Waals surface area contributed by atoms with Crippen LogP contribution in [0.2, 0.25) is 0 Å². The highest BCUT2D eigenvalue weighted by molar-refractivity contribution is 5.47. The van der Waals surface area contributed by atoms with Crippen molar-refractivity contribution >= 4 is 0 Å². The summed E-state index contributed by atoms with van der Waals surface area (Å²) >= 11 is 0. The molecule has 2 atom stereocenters. The Hall–Kier alpha value is -2.36. The van der Waals surface area contributed by atoms with Gasteiger partial charge in [-0.2, -0.15) is 0 Å². The van der Waals surface area contributed by atoms with E-state index in [9.17, 15) is 0 Å². The fourth-order valence-corrected chi connectivity index (χ4v) is 3.67. The first-order valence-electron chi connectivity index (χ1n) is 9.07. The third-order valence-corrected chi connectivity index (χ3v) is 5.04. The van der Waals surface area contributed by atoms with Crippen LogP contribution >= 0.6 is 0 Å². The van der Waals surface area contributed by atoms with Gasteiger partial charge in [-0.1, -0.05) is 26.0 Å². The van der Waals surface area contributed by atoms with Crippen molar-refractivity contribution in [2.75, 3.05) is 28.4 Å². The third kappa shape index (κ3) is 4.06. The fourth-order valence-electron chi connectivity index (χ4n) is 3.67. The van der Waals surface area contributed by atoms with E-state index in [1.54, 1.807) is 28.4 Å². The van der Waals surface area contributed by atoms with Crippen LogP contribution in [-0.4, -0.2) is 28.4 Å². The summed E-state index contributed by atoms with van der Waals surface area (Å²) in [4.78, 5) is 0. The van der Waals surface area contributed by atoms with E-state index in [0.717, 1.165) is 35.8 Å². The highest BCUT2D eigenvalue weighted by Gasteiger charge is 2.24. The fraction of sp³-hybridized carbons (Fsp3) is 0.455. The molecule has 26 heavy (non-hydrogen) atoms. The first kappa shape index (κ1) is 20.0. The van der Waals surface area contributed by atoms with Crippen LogP contribution in [0.5, 0.6) is 23.0 Å². The molecule has 0 saturated heterocycles. The Morgan fingerprint density at radius 1 is 0.577 bits per heavy atom. The van der Waals surface area contributed by atoms with Gasteiger partial charge in [0.1, 0.15) is 0 Å². The summed E-state index contributed by atoms with van der Waals surface area (Å²) in [5.74, 6) is 3.79. The minimum Gasteiger partial charge on any atom is -0.493 e. The molecule has 0 aliphatic rings. The van der Waals surface area contributed by atoms with Crippen molar-refractivity contribution in [1.29, 1.82) is 0 Å². The van der Waals surface area contributed by atoms with Gasteiger partial charge in [-0.05, 0) is 60.1 Å². The number of benzene rings is 2. The third-order valence-electron chi connectivity index (χ3n) is 5.04. The van der Waals surface area contributed by atoms with Gasteiger partial charge in [0, 0.05) is 0 Å². The van der Waals surface area contributed by atoms with Crippen LogP contribution in [0.4, 0.5) is 0 Å². The second-order valence-electron chi connectivity index (χ2n) is 6.26. The van der Waals surface area contributed by atoms with Crippen LogP contribution in [0.25, 0.3) is 0 Å². The zero-order valence-electron chi connectivity index (χ0n) is 16.7. The Morgan fingerprint density at radius 3 is 1.19 bits per heavy atom. The predicted molar refractivity (Wildman–Crippen MR) is 105 cm³/mol. The zero-order valence-corrected chi connectivity index (χ0v) is 16.7. The topological polar surface area (TPSA) is 36.9 Å². The molecule has 0 amide bonds. The smallest absolute Gasteiger partial charge is 0.160 e.